The number of amides is 1. The molecule has 1 atom stereocenters. The first-order valence-corrected chi connectivity index (χ1v) is 9.86. The van der Waals surface area contributed by atoms with Gasteiger partial charge in [0, 0.05) is 26.7 Å². The average Bonchev–Trinajstić information content (AvgIpc) is 3.17. The van der Waals surface area contributed by atoms with Crippen LogP contribution < -0.4 is 15.4 Å². The van der Waals surface area contributed by atoms with Gasteiger partial charge in [0.15, 0.2) is 5.96 Å². The van der Waals surface area contributed by atoms with Crippen LogP contribution in [0, 0.1) is 5.92 Å². The zero-order valence-corrected chi connectivity index (χ0v) is 19.9. The zero-order valence-electron chi connectivity index (χ0n) is 17.5. The van der Waals surface area contributed by atoms with Crippen molar-refractivity contribution in [3.8, 4) is 5.75 Å². The highest BCUT2D eigenvalue weighted by Crippen LogP contribution is 2.17. The van der Waals surface area contributed by atoms with Crippen LogP contribution in [0.5, 0.6) is 5.75 Å². The minimum atomic E-state index is 0. The summed E-state index contributed by atoms with van der Waals surface area (Å²) in [5, 5.41) is 6.92. The van der Waals surface area contributed by atoms with Gasteiger partial charge >= 0.3 is 0 Å². The quantitative estimate of drug-likeness (QED) is 0.326. The Morgan fingerprint density at radius 3 is 2.46 bits per heavy atom. The van der Waals surface area contributed by atoms with Crippen LogP contribution >= 0.6 is 24.0 Å². The fourth-order valence-electron chi connectivity index (χ4n) is 3.21. The topological polar surface area (TPSA) is 66.0 Å². The van der Waals surface area contributed by atoms with E-state index in [1.807, 2.05) is 12.1 Å². The van der Waals surface area contributed by atoms with Gasteiger partial charge in [-0.05, 0) is 42.9 Å². The first-order valence-electron chi connectivity index (χ1n) is 9.86. The molecule has 0 aliphatic heterocycles. The highest BCUT2D eigenvalue weighted by atomic mass is 127. The van der Waals surface area contributed by atoms with Crippen LogP contribution in [0.4, 0.5) is 0 Å². The summed E-state index contributed by atoms with van der Waals surface area (Å²) in [6, 6.07) is 8.67. The van der Waals surface area contributed by atoms with Gasteiger partial charge in [0.25, 0.3) is 0 Å². The van der Waals surface area contributed by atoms with Crippen LogP contribution in [0.2, 0.25) is 0 Å². The van der Waals surface area contributed by atoms with E-state index in [4.69, 9.17) is 4.74 Å². The Balaban J connectivity index is 0.00000392. The molecule has 1 aliphatic rings. The number of hydrogen-bond donors (Lipinski definition) is 2. The molecule has 1 unspecified atom stereocenters. The van der Waals surface area contributed by atoms with Crippen LogP contribution in [0.25, 0.3) is 0 Å². The van der Waals surface area contributed by atoms with Gasteiger partial charge in [-0.3, -0.25) is 4.79 Å². The van der Waals surface area contributed by atoms with Crippen molar-refractivity contribution in [1.29, 1.82) is 0 Å². The van der Waals surface area contributed by atoms with Gasteiger partial charge in [0.05, 0.1) is 7.11 Å². The Labute approximate surface area is 186 Å². The lowest BCUT2D eigenvalue weighted by molar-refractivity contribution is -0.127. The average molecular weight is 502 g/mol. The predicted molar refractivity (Wildman–Crippen MR) is 126 cm³/mol. The molecular weight excluding hydrogens is 467 g/mol. The first kappa shape index (κ1) is 24.5. The Morgan fingerprint density at radius 2 is 1.89 bits per heavy atom. The molecule has 28 heavy (non-hydrogen) atoms. The first-order chi connectivity index (χ1) is 13.0. The van der Waals surface area contributed by atoms with Crippen molar-refractivity contribution in [1.82, 2.24) is 15.5 Å². The molecule has 1 fully saturated rings. The third-order valence-corrected chi connectivity index (χ3v) is 4.93. The highest BCUT2D eigenvalue weighted by molar-refractivity contribution is 14.0. The Hall–Kier alpha value is -1.51. The van der Waals surface area contributed by atoms with Gasteiger partial charge in [-0.25, -0.2) is 4.99 Å². The lowest BCUT2D eigenvalue weighted by atomic mass is 10.0. The number of rotatable bonds is 8. The van der Waals surface area contributed by atoms with E-state index in [1.165, 1.54) is 31.2 Å². The monoisotopic (exact) mass is 502 g/mol. The van der Waals surface area contributed by atoms with E-state index in [2.05, 4.69) is 34.7 Å². The van der Waals surface area contributed by atoms with Gasteiger partial charge < -0.3 is 20.3 Å². The number of carbonyl (C=O) groups excluding carboxylic acids is 1. The number of halogens is 1. The maximum absolute atomic E-state index is 11.9. The van der Waals surface area contributed by atoms with E-state index in [0.29, 0.717) is 12.0 Å². The maximum atomic E-state index is 11.9. The molecule has 0 bridgehead atoms. The number of carbonyl (C=O) groups is 1. The van der Waals surface area contributed by atoms with Crippen molar-refractivity contribution in [2.75, 3.05) is 34.3 Å². The fraction of sp³-hybridized carbons (Fsp3) is 0.619. The number of benzene rings is 1. The summed E-state index contributed by atoms with van der Waals surface area (Å²) < 4.78 is 5.21. The summed E-state index contributed by atoms with van der Waals surface area (Å²) in [6.45, 7) is 3.19. The van der Waals surface area contributed by atoms with Gasteiger partial charge in [0.2, 0.25) is 5.91 Å². The van der Waals surface area contributed by atoms with Crippen LogP contribution in [-0.2, 0) is 11.2 Å². The molecule has 1 aliphatic carbocycles. The highest BCUT2D eigenvalue weighted by Gasteiger charge is 2.17. The molecule has 1 saturated carbocycles. The second kappa shape index (κ2) is 12.9. The maximum Gasteiger partial charge on any atom is 0.243 e. The summed E-state index contributed by atoms with van der Waals surface area (Å²) in [6.07, 6.45) is 5.84. The molecule has 158 valence electrons. The molecule has 0 spiro atoms. The van der Waals surface area contributed by atoms with Gasteiger partial charge in [0.1, 0.15) is 12.3 Å². The largest absolute Gasteiger partial charge is 0.497 e. The van der Waals surface area contributed by atoms with Crippen molar-refractivity contribution < 1.29 is 9.53 Å². The summed E-state index contributed by atoms with van der Waals surface area (Å²) in [7, 11) is 5.19. The van der Waals surface area contributed by atoms with E-state index >= 15 is 0 Å². The third-order valence-electron chi connectivity index (χ3n) is 4.93. The van der Waals surface area contributed by atoms with E-state index in [-0.39, 0.29) is 36.4 Å². The lowest BCUT2D eigenvalue weighted by Gasteiger charge is -2.20. The summed E-state index contributed by atoms with van der Waals surface area (Å²) in [5.41, 5.74) is 1.29. The number of likely N-dealkylation sites (N-methyl/N-ethyl adjacent to an activating group) is 1. The van der Waals surface area contributed by atoms with Crippen LogP contribution in [0.1, 0.15) is 38.2 Å². The van der Waals surface area contributed by atoms with Gasteiger partial charge in [-0.15, -0.1) is 24.0 Å². The second-order valence-electron chi connectivity index (χ2n) is 7.62. The summed E-state index contributed by atoms with van der Waals surface area (Å²) in [4.78, 5) is 17.9. The standard InChI is InChI=1S/C21H34N4O2.HI/c1-16(13-17-9-11-19(27-4)12-10-17)14-22-21(23-15-20(26)25(2)3)24-18-7-5-6-8-18;/h9-12,16,18H,5-8,13-15H2,1-4H3,(H2,22,23,24);1H. The zero-order chi connectivity index (χ0) is 19.6. The number of hydrogen-bond acceptors (Lipinski definition) is 3. The van der Waals surface area contributed by atoms with Crippen LogP contribution in [-0.4, -0.2) is 57.1 Å². The molecule has 1 aromatic carbocycles. The third kappa shape index (κ3) is 8.67. The molecule has 0 heterocycles. The van der Waals surface area contributed by atoms with Gasteiger partial charge in [-0.2, -0.15) is 0 Å². The molecule has 0 radical (unpaired) electrons. The Bertz CT molecular complexity index is 613. The number of aliphatic imine (C=N–C) groups is 1. The van der Waals surface area contributed by atoms with Crippen molar-refractivity contribution >= 4 is 35.8 Å². The second-order valence-corrected chi connectivity index (χ2v) is 7.62. The molecular formula is C21H35IN4O2. The van der Waals surface area contributed by atoms with Crippen LogP contribution in [0.15, 0.2) is 29.3 Å². The summed E-state index contributed by atoms with van der Waals surface area (Å²) in [5.74, 6) is 2.08. The molecule has 1 aromatic rings. The molecule has 1 amide bonds. The number of nitrogens with zero attached hydrogens (tertiary/aromatic N) is 2. The minimum absolute atomic E-state index is 0. The van der Waals surface area contributed by atoms with E-state index in [0.717, 1.165) is 24.7 Å². The predicted octanol–water partition coefficient (Wildman–Crippen LogP) is 3.06. The fourth-order valence-corrected chi connectivity index (χ4v) is 3.21. The van der Waals surface area contributed by atoms with Crippen molar-refractivity contribution in [3.05, 3.63) is 29.8 Å². The smallest absolute Gasteiger partial charge is 0.243 e. The molecule has 7 heteroatoms. The number of methoxy groups -OCH3 is 1. The van der Waals surface area contributed by atoms with Crippen molar-refractivity contribution in [2.45, 2.75) is 45.1 Å². The van der Waals surface area contributed by atoms with Crippen molar-refractivity contribution in [2.24, 2.45) is 10.9 Å². The van der Waals surface area contributed by atoms with Crippen LogP contribution in [0.3, 0.4) is 0 Å². The number of nitrogens with one attached hydrogen (secondary N) is 2. The Morgan fingerprint density at radius 1 is 1.25 bits per heavy atom. The molecule has 0 saturated heterocycles. The van der Waals surface area contributed by atoms with E-state index in [9.17, 15) is 4.79 Å². The normalized spacial score (nSPS) is 15.5. The van der Waals surface area contributed by atoms with E-state index < -0.39 is 0 Å². The minimum Gasteiger partial charge on any atom is -0.497 e. The van der Waals surface area contributed by atoms with Gasteiger partial charge in [-0.1, -0.05) is 31.9 Å². The summed E-state index contributed by atoms with van der Waals surface area (Å²) >= 11 is 0. The SMILES string of the molecule is COc1ccc(CC(C)CNC(=NCC(=O)N(C)C)NC2CCCC2)cc1.I. The Kier molecular flexibility index (Phi) is 11.3. The lowest BCUT2D eigenvalue weighted by Crippen LogP contribution is -2.44. The molecule has 2 N–H and O–H groups in total. The number of ether oxygens (including phenoxy) is 1. The number of guanidine groups is 1. The molecule has 2 rings (SSSR count). The molecule has 0 aromatic heterocycles. The van der Waals surface area contributed by atoms with E-state index in [1.54, 1.807) is 26.1 Å². The molecule has 6 nitrogen and oxygen atoms in total. The van der Waals surface area contributed by atoms with Crippen molar-refractivity contribution in [3.63, 3.8) is 0 Å².